The minimum Gasteiger partial charge on any atom is -0.480 e. The fraction of sp³-hybridized carbons (Fsp3) is 0.176. The van der Waals surface area contributed by atoms with E-state index < -0.39 is 23.8 Å². The van der Waals surface area contributed by atoms with Crippen molar-refractivity contribution in [3.8, 4) is 0 Å². The molecule has 0 fully saturated rings. The van der Waals surface area contributed by atoms with E-state index >= 15 is 0 Å². The van der Waals surface area contributed by atoms with Gasteiger partial charge in [-0.3, -0.25) is 14.6 Å². The van der Waals surface area contributed by atoms with E-state index in [2.05, 4.69) is 4.98 Å². The Morgan fingerprint density at radius 1 is 1.12 bits per heavy atom. The van der Waals surface area contributed by atoms with Crippen LogP contribution < -0.4 is 5.73 Å². The van der Waals surface area contributed by atoms with E-state index in [-0.39, 0.29) is 24.2 Å². The molecule has 0 saturated carbocycles. The highest BCUT2D eigenvalue weighted by molar-refractivity contribution is 5.97. The summed E-state index contributed by atoms with van der Waals surface area (Å²) in [7, 11) is 0. The molecule has 0 spiro atoms. The van der Waals surface area contributed by atoms with Crippen molar-refractivity contribution in [3.05, 3.63) is 65.0 Å². The number of rotatable bonds is 3. The van der Waals surface area contributed by atoms with Crippen molar-refractivity contribution in [2.45, 2.75) is 19.0 Å². The molecule has 1 atom stereocenters. The van der Waals surface area contributed by atoms with Crippen molar-refractivity contribution in [1.82, 2.24) is 9.88 Å². The van der Waals surface area contributed by atoms with Gasteiger partial charge in [0.25, 0.3) is 5.91 Å². The minimum atomic E-state index is -1.06. The van der Waals surface area contributed by atoms with Gasteiger partial charge in [-0.15, -0.1) is 0 Å². The molecule has 3 N–H and O–H groups in total. The SMILES string of the molecule is NC(=O)c1ccc(C(=O)N2Cc3ccccc3CC2C(=O)O)nc1. The third-order valence-electron chi connectivity index (χ3n) is 4.06. The van der Waals surface area contributed by atoms with Crippen LogP contribution in [0.15, 0.2) is 42.6 Å². The molecule has 0 radical (unpaired) electrons. The van der Waals surface area contributed by atoms with E-state index in [0.717, 1.165) is 11.1 Å². The summed E-state index contributed by atoms with van der Waals surface area (Å²) in [6.45, 7) is 0.200. The number of aliphatic carboxylic acids is 1. The number of nitrogens with zero attached hydrogens (tertiary/aromatic N) is 2. The summed E-state index contributed by atoms with van der Waals surface area (Å²) in [6.07, 6.45) is 1.46. The fourth-order valence-corrected chi connectivity index (χ4v) is 2.77. The summed E-state index contributed by atoms with van der Waals surface area (Å²) in [5, 5.41) is 9.47. The molecule has 2 heterocycles. The first-order chi connectivity index (χ1) is 11.5. The lowest BCUT2D eigenvalue weighted by Gasteiger charge is -2.34. The molecular weight excluding hydrogens is 310 g/mol. The maximum atomic E-state index is 12.7. The van der Waals surface area contributed by atoms with Crippen molar-refractivity contribution >= 4 is 17.8 Å². The molecule has 2 amide bonds. The fourth-order valence-electron chi connectivity index (χ4n) is 2.77. The molecule has 1 aliphatic heterocycles. The van der Waals surface area contributed by atoms with E-state index in [9.17, 15) is 19.5 Å². The van der Waals surface area contributed by atoms with Crippen LogP contribution in [0.3, 0.4) is 0 Å². The Kier molecular flexibility index (Phi) is 3.99. The number of fused-ring (bicyclic) bond motifs is 1. The van der Waals surface area contributed by atoms with Crippen LogP contribution in [-0.2, 0) is 17.8 Å². The number of carboxylic acids is 1. The normalized spacial score (nSPS) is 16.3. The Balaban J connectivity index is 1.92. The number of benzene rings is 1. The first-order valence-electron chi connectivity index (χ1n) is 7.34. The first-order valence-corrected chi connectivity index (χ1v) is 7.34. The highest BCUT2D eigenvalue weighted by atomic mass is 16.4. The van der Waals surface area contributed by atoms with Gasteiger partial charge in [-0.1, -0.05) is 24.3 Å². The summed E-state index contributed by atoms with van der Waals surface area (Å²) in [4.78, 5) is 40.6. The lowest BCUT2D eigenvalue weighted by molar-refractivity contribution is -0.142. The topological polar surface area (TPSA) is 114 Å². The largest absolute Gasteiger partial charge is 0.480 e. The Morgan fingerprint density at radius 2 is 1.83 bits per heavy atom. The average molecular weight is 325 g/mol. The monoisotopic (exact) mass is 325 g/mol. The van der Waals surface area contributed by atoms with Gasteiger partial charge in [-0.2, -0.15) is 0 Å². The van der Waals surface area contributed by atoms with Gasteiger partial charge >= 0.3 is 5.97 Å². The highest BCUT2D eigenvalue weighted by Gasteiger charge is 2.35. The van der Waals surface area contributed by atoms with Crippen LogP contribution in [-0.4, -0.2) is 38.8 Å². The third kappa shape index (κ3) is 2.83. The molecular formula is C17H15N3O4. The highest BCUT2D eigenvalue weighted by Crippen LogP contribution is 2.24. The number of aromatic nitrogens is 1. The second-order valence-corrected chi connectivity index (χ2v) is 5.56. The number of primary amides is 1. The van der Waals surface area contributed by atoms with E-state index in [0.29, 0.717) is 0 Å². The van der Waals surface area contributed by atoms with Crippen molar-refractivity contribution in [2.75, 3.05) is 0 Å². The van der Waals surface area contributed by atoms with E-state index in [4.69, 9.17) is 5.73 Å². The van der Waals surface area contributed by atoms with Gasteiger partial charge in [-0.05, 0) is 23.3 Å². The standard InChI is InChI=1S/C17H15N3O4/c18-15(21)11-5-6-13(19-8-11)16(22)20-9-12-4-2-1-3-10(12)7-14(20)17(23)24/h1-6,8,14H,7,9H2,(H2,18,21)(H,23,24). The predicted molar refractivity (Wildman–Crippen MR) is 84.2 cm³/mol. The Bertz CT molecular complexity index is 817. The molecule has 7 nitrogen and oxygen atoms in total. The molecule has 2 aromatic rings. The smallest absolute Gasteiger partial charge is 0.326 e. The number of nitrogens with two attached hydrogens (primary N) is 1. The van der Waals surface area contributed by atoms with E-state index in [1.165, 1.54) is 23.2 Å². The average Bonchev–Trinajstić information content (AvgIpc) is 2.60. The second kappa shape index (κ2) is 6.11. The van der Waals surface area contributed by atoms with Gasteiger partial charge in [0.15, 0.2) is 0 Å². The van der Waals surface area contributed by atoms with Crippen molar-refractivity contribution < 1.29 is 19.5 Å². The van der Waals surface area contributed by atoms with Crippen LogP contribution in [0.1, 0.15) is 32.0 Å². The number of carbonyl (C=O) groups is 3. The summed E-state index contributed by atoms with van der Waals surface area (Å²) in [5.74, 6) is -2.20. The van der Waals surface area contributed by atoms with Gasteiger partial charge in [0.2, 0.25) is 5.91 Å². The molecule has 1 aromatic heterocycles. The van der Waals surface area contributed by atoms with Gasteiger partial charge in [0.05, 0.1) is 5.56 Å². The maximum absolute atomic E-state index is 12.7. The quantitative estimate of drug-likeness (QED) is 0.868. The van der Waals surface area contributed by atoms with E-state index in [1.54, 1.807) is 0 Å². The number of hydrogen-bond donors (Lipinski definition) is 2. The molecule has 3 rings (SSSR count). The molecule has 7 heteroatoms. The van der Waals surface area contributed by atoms with Crippen molar-refractivity contribution in [3.63, 3.8) is 0 Å². The Hall–Kier alpha value is -3.22. The molecule has 0 bridgehead atoms. The van der Waals surface area contributed by atoms with Crippen LogP contribution >= 0.6 is 0 Å². The summed E-state index contributed by atoms with van der Waals surface area (Å²) in [6, 6.07) is 9.26. The molecule has 1 aliphatic rings. The molecule has 1 unspecified atom stereocenters. The summed E-state index contributed by atoms with van der Waals surface area (Å²) in [5.41, 5.74) is 7.24. The molecule has 122 valence electrons. The van der Waals surface area contributed by atoms with E-state index in [1.807, 2.05) is 24.3 Å². The second-order valence-electron chi connectivity index (χ2n) is 5.56. The van der Waals surface area contributed by atoms with Crippen LogP contribution in [0, 0.1) is 0 Å². The van der Waals surface area contributed by atoms with Gasteiger partial charge in [0, 0.05) is 19.2 Å². The number of hydrogen-bond acceptors (Lipinski definition) is 4. The zero-order valence-corrected chi connectivity index (χ0v) is 12.7. The number of carbonyl (C=O) groups excluding carboxylic acids is 2. The van der Waals surface area contributed by atoms with Gasteiger partial charge in [-0.25, -0.2) is 4.79 Å². The van der Waals surface area contributed by atoms with Crippen LogP contribution in [0.5, 0.6) is 0 Å². The minimum absolute atomic E-state index is 0.0747. The number of pyridine rings is 1. The predicted octanol–water partition coefficient (Wildman–Crippen LogP) is 0.832. The van der Waals surface area contributed by atoms with Gasteiger partial charge < -0.3 is 15.7 Å². The zero-order valence-electron chi connectivity index (χ0n) is 12.7. The van der Waals surface area contributed by atoms with Crippen molar-refractivity contribution in [1.29, 1.82) is 0 Å². The number of amides is 2. The first kappa shape index (κ1) is 15.7. The zero-order chi connectivity index (χ0) is 17.3. The summed E-state index contributed by atoms with van der Waals surface area (Å²) >= 11 is 0. The maximum Gasteiger partial charge on any atom is 0.326 e. The van der Waals surface area contributed by atoms with Crippen molar-refractivity contribution in [2.24, 2.45) is 5.73 Å². The van der Waals surface area contributed by atoms with Crippen LogP contribution in [0.2, 0.25) is 0 Å². The Morgan fingerprint density at radius 3 is 2.42 bits per heavy atom. The van der Waals surface area contributed by atoms with Crippen LogP contribution in [0.4, 0.5) is 0 Å². The van der Waals surface area contributed by atoms with Crippen LogP contribution in [0.25, 0.3) is 0 Å². The number of carboxylic acid groups (broad SMARTS) is 1. The molecule has 24 heavy (non-hydrogen) atoms. The Labute approximate surface area is 137 Å². The molecule has 1 aromatic carbocycles. The van der Waals surface area contributed by atoms with Gasteiger partial charge in [0.1, 0.15) is 11.7 Å². The third-order valence-corrected chi connectivity index (χ3v) is 4.06. The summed E-state index contributed by atoms with van der Waals surface area (Å²) < 4.78 is 0. The lowest BCUT2D eigenvalue weighted by atomic mass is 9.93. The molecule has 0 saturated heterocycles. The molecule has 0 aliphatic carbocycles. The lowest BCUT2D eigenvalue weighted by Crippen LogP contribution is -2.48.